The topological polar surface area (TPSA) is 86.0 Å². The van der Waals surface area contributed by atoms with Crippen molar-refractivity contribution in [2.75, 3.05) is 6.61 Å². The standard InChI is InChI=1S/C20H20O6/c1-20-6-3-2-4-14-13(11-25-18(14)22)8-15(21)17(20)19(23)26-16(9-20)12-5-7-24-10-12/h2-7,10,15-17,21H,8-9,11H2,1H3/b4-2-,6-3?/t15-,16-,17+,20+/m1/s1. The fourth-order valence-corrected chi connectivity index (χ4v) is 4.07. The zero-order chi connectivity index (χ0) is 18.3. The van der Waals surface area contributed by atoms with E-state index >= 15 is 0 Å². The van der Waals surface area contributed by atoms with Crippen molar-refractivity contribution in [2.24, 2.45) is 11.3 Å². The highest BCUT2D eigenvalue weighted by Gasteiger charge is 2.50. The van der Waals surface area contributed by atoms with Crippen molar-refractivity contribution in [2.45, 2.75) is 32.0 Å². The first-order valence-electron chi connectivity index (χ1n) is 8.64. The van der Waals surface area contributed by atoms with Gasteiger partial charge in [-0.3, -0.25) is 4.79 Å². The lowest BCUT2D eigenvalue weighted by Gasteiger charge is -2.43. The highest BCUT2D eigenvalue weighted by atomic mass is 16.5. The zero-order valence-corrected chi connectivity index (χ0v) is 14.4. The first-order chi connectivity index (χ1) is 12.5. The van der Waals surface area contributed by atoms with Crippen molar-refractivity contribution in [1.82, 2.24) is 0 Å². The fourth-order valence-electron chi connectivity index (χ4n) is 4.07. The molecule has 1 saturated heterocycles. The zero-order valence-electron chi connectivity index (χ0n) is 14.4. The second-order valence-electron chi connectivity index (χ2n) is 7.25. The van der Waals surface area contributed by atoms with E-state index in [1.807, 2.05) is 19.1 Å². The summed E-state index contributed by atoms with van der Waals surface area (Å²) in [4.78, 5) is 24.6. The van der Waals surface area contributed by atoms with Crippen molar-refractivity contribution in [3.8, 4) is 0 Å². The Bertz CT molecular complexity index is 815. The van der Waals surface area contributed by atoms with E-state index in [0.717, 1.165) is 5.56 Å². The Morgan fingerprint density at radius 2 is 2.12 bits per heavy atom. The Morgan fingerprint density at radius 1 is 1.27 bits per heavy atom. The van der Waals surface area contributed by atoms with Gasteiger partial charge in [0.1, 0.15) is 12.7 Å². The molecule has 1 aromatic rings. The number of furan rings is 1. The molecule has 0 unspecified atom stereocenters. The number of aliphatic hydroxyl groups excluding tert-OH is 1. The molecule has 1 fully saturated rings. The number of carbonyl (C=O) groups excluding carboxylic acids is 2. The predicted molar refractivity (Wildman–Crippen MR) is 90.6 cm³/mol. The molecule has 0 bridgehead atoms. The minimum Gasteiger partial charge on any atom is -0.472 e. The third-order valence-corrected chi connectivity index (χ3v) is 5.43. The molecular formula is C20H20O6. The number of cyclic esters (lactones) is 2. The lowest BCUT2D eigenvalue weighted by Crippen LogP contribution is -2.47. The molecule has 0 saturated carbocycles. The van der Waals surface area contributed by atoms with Gasteiger partial charge in [-0.05, 0) is 30.6 Å². The Balaban J connectivity index is 1.70. The number of hydrogen-bond acceptors (Lipinski definition) is 6. The van der Waals surface area contributed by atoms with E-state index in [1.54, 1.807) is 30.7 Å². The number of aliphatic hydroxyl groups is 1. The Kier molecular flexibility index (Phi) is 4.07. The van der Waals surface area contributed by atoms with Crippen LogP contribution in [-0.4, -0.2) is 29.8 Å². The van der Waals surface area contributed by atoms with Gasteiger partial charge in [0.15, 0.2) is 0 Å². The molecule has 0 spiro atoms. The second kappa shape index (κ2) is 6.29. The highest BCUT2D eigenvalue weighted by Crippen LogP contribution is 2.48. The van der Waals surface area contributed by atoms with Crippen LogP contribution < -0.4 is 0 Å². The van der Waals surface area contributed by atoms with Crippen LogP contribution in [0.3, 0.4) is 0 Å². The Morgan fingerprint density at radius 3 is 2.88 bits per heavy atom. The van der Waals surface area contributed by atoms with E-state index in [-0.39, 0.29) is 13.0 Å². The van der Waals surface area contributed by atoms with Gasteiger partial charge in [0.05, 0.1) is 30.1 Å². The lowest BCUT2D eigenvalue weighted by molar-refractivity contribution is -0.177. The summed E-state index contributed by atoms with van der Waals surface area (Å²) in [7, 11) is 0. The summed E-state index contributed by atoms with van der Waals surface area (Å²) in [6.45, 7) is 2.10. The molecule has 136 valence electrons. The van der Waals surface area contributed by atoms with Gasteiger partial charge >= 0.3 is 11.9 Å². The number of esters is 2. The predicted octanol–water partition coefficient (Wildman–Crippen LogP) is 2.62. The van der Waals surface area contributed by atoms with Crippen molar-refractivity contribution >= 4 is 11.9 Å². The molecule has 4 rings (SSSR count). The van der Waals surface area contributed by atoms with Crippen LogP contribution in [0.5, 0.6) is 0 Å². The van der Waals surface area contributed by atoms with Crippen LogP contribution in [0, 0.1) is 11.3 Å². The van der Waals surface area contributed by atoms with Crippen molar-refractivity contribution in [1.29, 1.82) is 0 Å². The monoisotopic (exact) mass is 356 g/mol. The summed E-state index contributed by atoms with van der Waals surface area (Å²) < 4.78 is 15.8. The maximum Gasteiger partial charge on any atom is 0.338 e. The van der Waals surface area contributed by atoms with Crippen LogP contribution in [0.1, 0.15) is 31.4 Å². The molecule has 6 nitrogen and oxygen atoms in total. The summed E-state index contributed by atoms with van der Waals surface area (Å²) in [5.41, 5.74) is 1.37. The molecule has 26 heavy (non-hydrogen) atoms. The van der Waals surface area contributed by atoms with Gasteiger partial charge in [-0.2, -0.15) is 0 Å². The van der Waals surface area contributed by atoms with Crippen LogP contribution in [0.15, 0.2) is 58.5 Å². The first-order valence-corrected chi connectivity index (χ1v) is 8.64. The average molecular weight is 356 g/mol. The number of fused-ring (bicyclic) bond motifs is 1. The number of rotatable bonds is 1. The maximum absolute atomic E-state index is 12.8. The molecule has 6 heteroatoms. The maximum atomic E-state index is 12.8. The quantitative estimate of drug-likeness (QED) is 0.779. The molecule has 0 aromatic carbocycles. The summed E-state index contributed by atoms with van der Waals surface area (Å²) >= 11 is 0. The lowest BCUT2D eigenvalue weighted by atomic mass is 9.67. The molecule has 1 N–H and O–H groups in total. The van der Waals surface area contributed by atoms with Gasteiger partial charge in [0.25, 0.3) is 0 Å². The molecular weight excluding hydrogens is 336 g/mol. The van der Waals surface area contributed by atoms with E-state index < -0.39 is 35.5 Å². The van der Waals surface area contributed by atoms with E-state index in [1.165, 1.54) is 0 Å². The van der Waals surface area contributed by atoms with Crippen LogP contribution >= 0.6 is 0 Å². The number of carbonyl (C=O) groups is 2. The number of ether oxygens (including phenoxy) is 2. The van der Waals surface area contributed by atoms with E-state index in [9.17, 15) is 14.7 Å². The Labute approximate surface area is 150 Å². The van der Waals surface area contributed by atoms with Gasteiger partial charge in [-0.25, -0.2) is 4.79 Å². The number of allylic oxidation sites excluding steroid dienone is 3. The minimum absolute atomic E-state index is 0.148. The summed E-state index contributed by atoms with van der Waals surface area (Å²) in [5, 5.41) is 10.8. The normalized spacial score (nSPS) is 35.4. The van der Waals surface area contributed by atoms with E-state index in [2.05, 4.69) is 0 Å². The SMILES string of the molecule is C[C@@]12C=C/C=C\C3=C(COC3=O)C[C@@H](O)[C@H]1C(=O)O[C@@H](c1ccoc1)C2. The van der Waals surface area contributed by atoms with Gasteiger partial charge in [0.2, 0.25) is 0 Å². The largest absolute Gasteiger partial charge is 0.472 e. The van der Waals surface area contributed by atoms with Crippen LogP contribution in [0.4, 0.5) is 0 Å². The van der Waals surface area contributed by atoms with Gasteiger partial charge in [-0.1, -0.05) is 25.2 Å². The Hall–Kier alpha value is -2.60. The highest BCUT2D eigenvalue weighted by molar-refractivity contribution is 5.94. The van der Waals surface area contributed by atoms with Crippen LogP contribution in [0.2, 0.25) is 0 Å². The molecule has 0 amide bonds. The van der Waals surface area contributed by atoms with Gasteiger partial charge < -0.3 is 19.0 Å². The molecule has 4 atom stereocenters. The molecule has 2 aliphatic heterocycles. The van der Waals surface area contributed by atoms with Crippen molar-refractivity contribution in [3.63, 3.8) is 0 Å². The summed E-state index contributed by atoms with van der Waals surface area (Å²) in [6, 6.07) is 1.78. The third kappa shape index (κ3) is 2.80. The average Bonchev–Trinajstić information content (AvgIpc) is 3.22. The van der Waals surface area contributed by atoms with Crippen LogP contribution in [-0.2, 0) is 19.1 Å². The smallest absolute Gasteiger partial charge is 0.338 e. The molecule has 1 aliphatic carbocycles. The molecule has 3 aliphatic rings. The first kappa shape index (κ1) is 16.8. The van der Waals surface area contributed by atoms with Gasteiger partial charge in [0, 0.05) is 11.0 Å². The third-order valence-electron chi connectivity index (χ3n) is 5.43. The minimum atomic E-state index is -0.964. The van der Waals surface area contributed by atoms with Crippen molar-refractivity contribution < 1.29 is 28.6 Å². The molecule has 3 heterocycles. The fraction of sp³-hybridized carbons (Fsp3) is 0.400. The summed E-state index contributed by atoms with van der Waals surface area (Å²) in [5.74, 6) is -1.57. The van der Waals surface area contributed by atoms with E-state index in [4.69, 9.17) is 13.9 Å². The van der Waals surface area contributed by atoms with Crippen molar-refractivity contribution in [3.05, 3.63) is 59.6 Å². The summed E-state index contributed by atoms with van der Waals surface area (Å²) in [6.07, 6.45) is 9.66. The second-order valence-corrected chi connectivity index (χ2v) is 7.25. The number of hydrogen-bond donors (Lipinski definition) is 1. The van der Waals surface area contributed by atoms with Gasteiger partial charge in [-0.15, -0.1) is 0 Å². The van der Waals surface area contributed by atoms with E-state index in [0.29, 0.717) is 17.6 Å². The molecule has 1 aromatic heterocycles. The van der Waals surface area contributed by atoms with Crippen LogP contribution in [0.25, 0.3) is 0 Å². The molecule has 0 radical (unpaired) electrons.